The van der Waals surface area contributed by atoms with Gasteiger partial charge in [0.2, 0.25) is 51.2 Å². The molecule has 12 rings (SSSR count). The fraction of sp³-hybridized carbons (Fsp3) is 0.385. The minimum Gasteiger partial charge on any atom is -0.239 e. The van der Waals surface area contributed by atoms with Gasteiger partial charge >= 0.3 is 0 Å². The number of hydrogen-bond acceptors (Lipinski definition) is 15. The Bertz CT molecular complexity index is 3490. The summed E-state index contributed by atoms with van der Waals surface area (Å²) in [6.45, 7) is 4.72. The van der Waals surface area contributed by atoms with Gasteiger partial charge in [0, 0.05) is 25.7 Å². The number of halogens is 7. The van der Waals surface area contributed by atoms with Crippen LogP contribution in [0.25, 0.3) is 0 Å². The second-order valence-corrected chi connectivity index (χ2v) is 26.5. The monoisotopic (exact) mass is 1200 g/mol. The normalized spacial score (nSPS) is 22.8. The molecule has 18 nitrogen and oxygen atoms in total. The van der Waals surface area contributed by atoms with Crippen LogP contribution in [0.3, 0.4) is 0 Å². The smallest absolute Gasteiger partial charge is 0.239 e. The van der Waals surface area contributed by atoms with Crippen LogP contribution in [0.15, 0.2) is 142 Å². The molecule has 4 aromatic heterocycles. The van der Waals surface area contributed by atoms with E-state index in [-0.39, 0.29) is 42.8 Å². The molecule has 0 saturated heterocycles. The predicted molar refractivity (Wildman–Crippen MR) is 282 cm³/mol. The van der Waals surface area contributed by atoms with Crippen molar-refractivity contribution < 1.29 is 56.0 Å². The van der Waals surface area contributed by atoms with Crippen LogP contribution in [-0.2, 0) is 29.5 Å². The fourth-order valence-corrected chi connectivity index (χ4v) is 12.1. The third kappa shape index (κ3) is 11.9. The van der Waals surface area contributed by atoms with Gasteiger partial charge in [0.05, 0.1) is 24.2 Å². The Labute approximate surface area is 466 Å². The summed E-state index contributed by atoms with van der Waals surface area (Å²) in [5.74, 6) is 1.17. The molecule has 0 bridgehead atoms. The lowest BCUT2D eigenvalue weighted by atomic mass is 10.0. The minimum absolute atomic E-state index is 0.0186. The van der Waals surface area contributed by atoms with E-state index in [1.165, 1.54) is 14.0 Å². The summed E-state index contributed by atoms with van der Waals surface area (Å²) in [4.78, 5) is 15.3. The Morgan fingerprint density at radius 1 is 0.420 bits per heavy atom. The molecule has 4 aliphatic rings. The molecule has 0 spiro atoms. The third-order valence-corrected chi connectivity index (χ3v) is 19.0. The molecule has 4 aliphatic heterocycles. The van der Waals surface area contributed by atoms with Crippen molar-refractivity contribution in [3.05, 3.63) is 167 Å². The molecule has 8 aromatic rings. The summed E-state index contributed by atoms with van der Waals surface area (Å²) in [7, 11) is -12.8. The Balaban J connectivity index is 0.000000131. The number of nitrogens with zero attached hydrogens (tertiary/aromatic N) is 12. The average Bonchev–Trinajstić information content (AvgIpc) is 4.36. The Morgan fingerprint density at radius 2 is 0.654 bits per heavy atom. The molecular formula is C52H53F7N12O6S4. The van der Waals surface area contributed by atoms with Gasteiger partial charge in [-0.3, -0.25) is 0 Å². The highest BCUT2D eigenvalue weighted by molar-refractivity contribution is 7.99. The minimum atomic E-state index is -4.26. The lowest BCUT2D eigenvalue weighted by Gasteiger charge is -2.11. The van der Waals surface area contributed by atoms with Crippen molar-refractivity contribution in [2.75, 3.05) is 5.75 Å². The number of thioether (sulfide) groups is 1. The fourth-order valence-electron chi connectivity index (χ4n) is 9.43. The van der Waals surface area contributed by atoms with Crippen molar-refractivity contribution in [1.82, 2.24) is 59.1 Å². The van der Waals surface area contributed by atoms with E-state index in [0.717, 1.165) is 48.8 Å². The van der Waals surface area contributed by atoms with Crippen molar-refractivity contribution in [3.8, 4) is 0 Å². The molecule has 4 aromatic carbocycles. The highest BCUT2D eigenvalue weighted by Crippen LogP contribution is 2.43. The topological polar surface area (TPSA) is 225 Å². The number of benzene rings is 4. The Hall–Kier alpha value is -6.85. The second-order valence-electron chi connectivity index (χ2n) is 19.0. The molecule has 0 fully saturated rings. The molecule has 81 heavy (non-hydrogen) atoms. The van der Waals surface area contributed by atoms with Gasteiger partial charge in [-0.1, -0.05) is 140 Å². The first kappa shape index (κ1) is 58.8. The van der Waals surface area contributed by atoms with Crippen LogP contribution in [0.2, 0.25) is 0 Å². The summed E-state index contributed by atoms with van der Waals surface area (Å²) in [5, 5.41) is 14.6. The number of hydrogen-bond donors (Lipinski definition) is 0. The lowest BCUT2D eigenvalue weighted by Crippen LogP contribution is -2.16. The zero-order chi connectivity index (χ0) is 58.1. The van der Waals surface area contributed by atoms with Crippen LogP contribution in [0.1, 0.15) is 148 Å². The molecule has 8 heterocycles. The van der Waals surface area contributed by atoms with E-state index >= 15 is 0 Å². The number of rotatable bonds is 12. The lowest BCUT2D eigenvalue weighted by molar-refractivity contribution is 0.326. The van der Waals surface area contributed by atoms with Crippen LogP contribution in [-0.4, -0.2) is 107 Å². The molecule has 0 aliphatic carbocycles. The van der Waals surface area contributed by atoms with Gasteiger partial charge in [0.1, 0.15) is 0 Å². The third-order valence-electron chi connectivity index (χ3n) is 13.6. The highest BCUT2D eigenvalue weighted by Gasteiger charge is 2.42. The van der Waals surface area contributed by atoms with Crippen molar-refractivity contribution in [3.63, 3.8) is 0 Å². The number of alkyl halides is 7. The quantitative estimate of drug-likeness (QED) is 0.0819. The van der Waals surface area contributed by atoms with E-state index in [9.17, 15) is 56.0 Å². The Morgan fingerprint density at radius 3 is 0.889 bits per heavy atom. The Kier molecular flexibility index (Phi) is 17.4. The van der Waals surface area contributed by atoms with E-state index in [4.69, 9.17) is 0 Å². The van der Waals surface area contributed by atoms with E-state index in [1.807, 2.05) is 55.5 Å². The standard InChI is InChI=1S/3C13H13F2N3O2S.C13H14FN3S/c3*1-8(14)21(19,20)13-16-12-10(15)7-11(18(12)17-13)9-5-3-2-4-6-9;1-2-18-13-15-12-10(14)8-11(17(12)16-13)9-6-4-3-5-7-9/h3*2-6,8,10-11H,7H2,1H3;3-7,10-11H,2,8H2,1H3/t8?,10-,11-;8-,10+,11+;8-,10-,11-;10-,11-/m0100/s1. The van der Waals surface area contributed by atoms with Crippen LogP contribution in [0.5, 0.6) is 0 Å². The summed E-state index contributed by atoms with van der Waals surface area (Å²) in [5.41, 5.74) is -2.88. The van der Waals surface area contributed by atoms with Gasteiger partial charge in [0.15, 0.2) is 48.0 Å². The molecule has 0 saturated carbocycles. The van der Waals surface area contributed by atoms with Crippen LogP contribution < -0.4 is 0 Å². The van der Waals surface area contributed by atoms with E-state index in [1.54, 1.807) is 89.2 Å². The number of aromatic nitrogens is 12. The summed E-state index contributed by atoms with van der Waals surface area (Å²) in [6.07, 6.45) is -4.38. The van der Waals surface area contributed by atoms with Gasteiger partial charge in [0.25, 0.3) is 15.5 Å². The van der Waals surface area contributed by atoms with Gasteiger partial charge < -0.3 is 0 Å². The summed E-state index contributed by atoms with van der Waals surface area (Å²) < 4.78 is 172. The zero-order valence-corrected chi connectivity index (χ0v) is 46.8. The molecule has 11 atom stereocenters. The molecule has 0 N–H and O–H groups in total. The molecule has 0 amide bonds. The van der Waals surface area contributed by atoms with Gasteiger partial charge in [-0.15, -0.1) is 20.4 Å². The molecular weight excluding hydrogens is 1150 g/mol. The number of sulfone groups is 3. The SMILES string of the molecule is CC(F)S(=O)(=O)c1nc2n(n1)[C@H](c1ccccc1)C[C@@H]2F.CCSc1nc2n(n1)[C@H](c1ccccc1)C[C@@H]2F.C[C@@H](F)S(=O)(=O)c1nc2n(n1)[C@H](c1ccccc1)C[C@@H]2F.C[C@H](F)S(=O)(=O)c1nc2n(n1)[C@H](c1ccccc1)C[C@@H]2F. The first-order chi connectivity index (χ1) is 38.5. The predicted octanol–water partition coefficient (Wildman–Crippen LogP) is 10.5. The first-order valence-electron chi connectivity index (χ1n) is 25.4. The van der Waals surface area contributed by atoms with Crippen molar-refractivity contribution >= 4 is 41.3 Å². The second kappa shape index (κ2) is 23.9. The molecule has 0 radical (unpaired) electrons. The van der Waals surface area contributed by atoms with Gasteiger partial charge in [-0.25, -0.2) is 79.7 Å². The van der Waals surface area contributed by atoms with E-state index in [2.05, 4.69) is 40.3 Å². The number of fused-ring (bicyclic) bond motifs is 4. The molecule has 430 valence electrons. The van der Waals surface area contributed by atoms with E-state index < -0.39 is 104 Å². The maximum Gasteiger partial charge on any atom is 0.270 e. The van der Waals surface area contributed by atoms with E-state index in [0.29, 0.717) is 17.4 Å². The summed E-state index contributed by atoms with van der Waals surface area (Å²) in [6, 6.07) is 35.8. The summed E-state index contributed by atoms with van der Waals surface area (Å²) >= 11 is 1.55. The van der Waals surface area contributed by atoms with Crippen molar-refractivity contribution in [2.24, 2.45) is 0 Å². The maximum absolute atomic E-state index is 14.0. The van der Waals surface area contributed by atoms with Crippen molar-refractivity contribution in [1.29, 1.82) is 0 Å². The van der Waals surface area contributed by atoms with Crippen LogP contribution in [0.4, 0.5) is 30.7 Å². The molecule has 1 unspecified atom stereocenters. The zero-order valence-electron chi connectivity index (χ0n) is 43.5. The van der Waals surface area contributed by atoms with Crippen molar-refractivity contribution in [2.45, 2.75) is 139 Å². The van der Waals surface area contributed by atoms with Crippen LogP contribution >= 0.6 is 11.8 Å². The van der Waals surface area contributed by atoms with Crippen LogP contribution in [0, 0.1) is 0 Å². The largest absolute Gasteiger partial charge is 0.270 e. The molecule has 29 heteroatoms. The maximum atomic E-state index is 14.0. The average molecular weight is 1200 g/mol. The first-order valence-corrected chi connectivity index (χ1v) is 31.0. The highest BCUT2D eigenvalue weighted by atomic mass is 32.2. The van der Waals surface area contributed by atoms with Gasteiger partial charge in [-0.05, 0) is 48.8 Å². The van der Waals surface area contributed by atoms with Gasteiger partial charge in [-0.2, -0.15) is 15.0 Å².